The molecular weight excluding hydrogens is 387 g/mol. The Morgan fingerprint density at radius 2 is 2.14 bits per heavy atom. The van der Waals surface area contributed by atoms with Gasteiger partial charge in [0.1, 0.15) is 29.4 Å². The minimum atomic E-state index is -1.10. The van der Waals surface area contributed by atoms with Gasteiger partial charge in [-0.05, 0) is 37.3 Å². The maximum atomic E-state index is 14.7. The lowest BCUT2D eigenvalue weighted by Crippen LogP contribution is -2.34. The first-order valence-corrected chi connectivity index (χ1v) is 8.81. The molecule has 0 aliphatic carbocycles. The summed E-state index contributed by atoms with van der Waals surface area (Å²) in [6.45, 7) is 2.24. The SMILES string of the molecule is C[C@]1(c2cc(NC(=O)c3ccc(Cl)cn3)ccc2F)N=C(N)OC2=C1COC2. The summed E-state index contributed by atoms with van der Waals surface area (Å²) < 4.78 is 25.6. The summed E-state index contributed by atoms with van der Waals surface area (Å²) in [4.78, 5) is 20.7. The third kappa shape index (κ3) is 3.21. The molecule has 0 saturated heterocycles. The summed E-state index contributed by atoms with van der Waals surface area (Å²) in [7, 11) is 0. The van der Waals surface area contributed by atoms with E-state index in [1.54, 1.807) is 13.0 Å². The van der Waals surface area contributed by atoms with Gasteiger partial charge in [0.15, 0.2) is 0 Å². The number of rotatable bonds is 3. The van der Waals surface area contributed by atoms with E-state index in [0.29, 0.717) is 22.0 Å². The predicted molar refractivity (Wildman–Crippen MR) is 102 cm³/mol. The Hall–Kier alpha value is -2.97. The van der Waals surface area contributed by atoms with E-state index in [1.165, 1.54) is 30.5 Å². The van der Waals surface area contributed by atoms with E-state index >= 15 is 0 Å². The average molecular weight is 403 g/mol. The molecule has 0 spiro atoms. The summed E-state index contributed by atoms with van der Waals surface area (Å²) in [6, 6.07) is 7.25. The molecule has 1 aromatic carbocycles. The Labute approximate surface area is 165 Å². The Morgan fingerprint density at radius 3 is 2.89 bits per heavy atom. The minimum Gasteiger partial charge on any atom is -0.428 e. The number of pyridine rings is 1. The van der Waals surface area contributed by atoms with E-state index in [1.807, 2.05) is 0 Å². The normalized spacial score (nSPS) is 21.0. The molecule has 1 aromatic heterocycles. The second-order valence-electron chi connectivity index (χ2n) is 6.53. The van der Waals surface area contributed by atoms with Crippen molar-refractivity contribution in [2.75, 3.05) is 18.5 Å². The van der Waals surface area contributed by atoms with Gasteiger partial charge in [0.05, 0.1) is 11.6 Å². The van der Waals surface area contributed by atoms with Crippen molar-refractivity contribution in [2.24, 2.45) is 10.7 Å². The van der Waals surface area contributed by atoms with Gasteiger partial charge in [-0.2, -0.15) is 0 Å². The number of amides is 1. The number of benzene rings is 1. The topological polar surface area (TPSA) is 98.8 Å². The van der Waals surface area contributed by atoms with Crippen LogP contribution in [0.3, 0.4) is 0 Å². The van der Waals surface area contributed by atoms with E-state index in [-0.39, 0.29) is 30.5 Å². The third-order valence-electron chi connectivity index (χ3n) is 4.67. The van der Waals surface area contributed by atoms with Crippen molar-refractivity contribution in [3.8, 4) is 0 Å². The zero-order valence-corrected chi connectivity index (χ0v) is 15.6. The van der Waals surface area contributed by atoms with Crippen LogP contribution < -0.4 is 11.1 Å². The molecule has 28 heavy (non-hydrogen) atoms. The van der Waals surface area contributed by atoms with Gasteiger partial charge in [-0.15, -0.1) is 0 Å². The molecule has 2 aromatic rings. The maximum absolute atomic E-state index is 14.7. The van der Waals surface area contributed by atoms with Crippen LogP contribution in [0, 0.1) is 5.82 Å². The number of anilines is 1. The van der Waals surface area contributed by atoms with Crippen LogP contribution in [0.15, 0.2) is 52.9 Å². The molecule has 2 aliphatic heterocycles. The molecule has 7 nitrogen and oxygen atoms in total. The summed E-state index contributed by atoms with van der Waals surface area (Å²) in [5, 5.41) is 3.13. The van der Waals surface area contributed by atoms with Gasteiger partial charge >= 0.3 is 0 Å². The molecular formula is C19H16ClFN4O3. The molecule has 1 atom stereocenters. The smallest absolute Gasteiger partial charge is 0.288 e. The number of hydrogen-bond donors (Lipinski definition) is 2. The number of nitrogens with zero attached hydrogens (tertiary/aromatic N) is 2. The highest BCUT2D eigenvalue weighted by Gasteiger charge is 2.42. The first-order valence-electron chi connectivity index (χ1n) is 8.43. The van der Waals surface area contributed by atoms with Gasteiger partial charge in [0.25, 0.3) is 11.9 Å². The van der Waals surface area contributed by atoms with E-state index in [2.05, 4.69) is 15.3 Å². The fourth-order valence-electron chi connectivity index (χ4n) is 3.26. The van der Waals surface area contributed by atoms with Crippen LogP contribution in [-0.4, -0.2) is 30.1 Å². The Morgan fingerprint density at radius 1 is 1.32 bits per heavy atom. The minimum absolute atomic E-state index is 0.0639. The van der Waals surface area contributed by atoms with Crippen LogP contribution in [0.1, 0.15) is 23.0 Å². The first kappa shape index (κ1) is 18.4. The van der Waals surface area contributed by atoms with Crippen molar-refractivity contribution in [1.29, 1.82) is 0 Å². The predicted octanol–water partition coefficient (Wildman–Crippen LogP) is 2.97. The van der Waals surface area contributed by atoms with Gasteiger partial charge in [-0.3, -0.25) is 4.79 Å². The van der Waals surface area contributed by atoms with Crippen molar-refractivity contribution in [3.05, 3.63) is 70.0 Å². The molecule has 144 valence electrons. The lowest BCUT2D eigenvalue weighted by molar-refractivity contribution is 0.102. The third-order valence-corrected chi connectivity index (χ3v) is 4.90. The van der Waals surface area contributed by atoms with Gasteiger partial charge in [-0.25, -0.2) is 14.4 Å². The number of hydrogen-bond acceptors (Lipinski definition) is 6. The average Bonchev–Trinajstić information content (AvgIpc) is 3.13. The lowest BCUT2D eigenvalue weighted by atomic mass is 9.83. The number of aromatic nitrogens is 1. The summed E-state index contributed by atoms with van der Waals surface area (Å²) in [6.07, 6.45) is 1.38. The Balaban J connectivity index is 1.68. The summed E-state index contributed by atoms with van der Waals surface area (Å²) >= 11 is 5.79. The van der Waals surface area contributed by atoms with Gasteiger partial charge in [0.2, 0.25) is 0 Å². The number of nitrogens with one attached hydrogen (secondary N) is 1. The van der Waals surface area contributed by atoms with Crippen LogP contribution in [0.2, 0.25) is 5.02 Å². The number of nitrogens with two attached hydrogens (primary N) is 1. The van der Waals surface area contributed by atoms with E-state index in [4.69, 9.17) is 26.8 Å². The summed E-state index contributed by atoms with van der Waals surface area (Å²) in [5.41, 5.74) is 6.21. The van der Waals surface area contributed by atoms with Gasteiger partial charge in [-0.1, -0.05) is 11.6 Å². The molecule has 0 fully saturated rings. The quantitative estimate of drug-likeness (QED) is 0.822. The molecule has 0 bridgehead atoms. The van der Waals surface area contributed by atoms with Crippen LogP contribution >= 0.6 is 11.6 Å². The van der Waals surface area contributed by atoms with Crippen LogP contribution in [0.4, 0.5) is 10.1 Å². The van der Waals surface area contributed by atoms with Gasteiger partial charge in [0, 0.05) is 23.0 Å². The molecule has 0 saturated carbocycles. The van der Waals surface area contributed by atoms with Crippen LogP contribution in [0.5, 0.6) is 0 Å². The number of carbonyl (C=O) groups excluding carboxylic acids is 1. The maximum Gasteiger partial charge on any atom is 0.288 e. The van der Waals surface area contributed by atoms with Crippen molar-refractivity contribution < 1.29 is 18.7 Å². The zero-order chi connectivity index (χ0) is 19.9. The number of ether oxygens (including phenoxy) is 2. The standard InChI is InChI=1S/C19H16ClFN4O3/c1-19(13-8-27-9-16(13)28-18(22)25-19)12-6-11(3-4-14(12)21)24-17(26)15-5-2-10(20)7-23-15/h2-7H,8-9H2,1H3,(H2,22,25)(H,24,26)/t19-/m1/s1. The molecule has 4 rings (SSSR count). The fraction of sp³-hybridized carbons (Fsp3) is 0.211. The highest BCUT2D eigenvalue weighted by molar-refractivity contribution is 6.30. The van der Waals surface area contributed by atoms with Gasteiger partial charge < -0.3 is 20.5 Å². The second kappa shape index (κ2) is 6.88. The zero-order valence-electron chi connectivity index (χ0n) is 14.8. The molecule has 3 N–H and O–H groups in total. The largest absolute Gasteiger partial charge is 0.428 e. The lowest BCUT2D eigenvalue weighted by Gasteiger charge is -2.31. The Bertz CT molecular complexity index is 1020. The Kier molecular flexibility index (Phi) is 4.52. The van der Waals surface area contributed by atoms with Crippen molar-refractivity contribution in [3.63, 3.8) is 0 Å². The fourth-order valence-corrected chi connectivity index (χ4v) is 3.37. The summed E-state index contributed by atoms with van der Waals surface area (Å²) in [5.74, 6) is -0.394. The number of halogens is 2. The number of amidine groups is 1. The highest BCUT2D eigenvalue weighted by atomic mass is 35.5. The number of aliphatic imine (C=N–C) groups is 1. The first-order chi connectivity index (χ1) is 13.4. The van der Waals surface area contributed by atoms with Crippen LogP contribution in [0.25, 0.3) is 0 Å². The van der Waals surface area contributed by atoms with E-state index in [9.17, 15) is 9.18 Å². The van der Waals surface area contributed by atoms with E-state index < -0.39 is 17.3 Å². The monoisotopic (exact) mass is 402 g/mol. The van der Waals surface area contributed by atoms with Crippen molar-refractivity contribution in [1.82, 2.24) is 4.98 Å². The van der Waals surface area contributed by atoms with Crippen LogP contribution in [-0.2, 0) is 15.0 Å². The number of carbonyl (C=O) groups is 1. The van der Waals surface area contributed by atoms with Crippen molar-refractivity contribution in [2.45, 2.75) is 12.5 Å². The molecule has 1 amide bonds. The highest BCUT2D eigenvalue weighted by Crippen LogP contribution is 2.42. The molecule has 2 aliphatic rings. The molecule has 0 unspecified atom stereocenters. The van der Waals surface area contributed by atoms with E-state index in [0.717, 1.165) is 0 Å². The van der Waals surface area contributed by atoms with Crippen molar-refractivity contribution >= 4 is 29.2 Å². The molecule has 3 heterocycles. The molecule has 0 radical (unpaired) electrons. The molecule has 9 heteroatoms. The second-order valence-corrected chi connectivity index (χ2v) is 6.97.